The number of hydrogen-bond acceptors (Lipinski definition) is 3. The molecule has 0 spiro atoms. The summed E-state index contributed by atoms with van der Waals surface area (Å²) in [5.74, 6) is -1.24. The molecule has 20 heavy (non-hydrogen) atoms. The Balaban J connectivity index is 1.58. The van der Waals surface area contributed by atoms with Crippen molar-refractivity contribution in [3.05, 3.63) is 12.2 Å². The van der Waals surface area contributed by atoms with Crippen molar-refractivity contribution >= 4 is 11.9 Å². The van der Waals surface area contributed by atoms with E-state index >= 15 is 0 Å². The number of hydrogen-bond donors (Lipinski definition) is 2. The highest BCUT2D eigenvalue weighted by atomic mass is 16.5. The molecule has 4 atom stereocenters. The molecule has 1 amide bonds. The molecule has 2 fully saturated rings. The number of nitrogens with one attached hydrogen (secondary N) is 1. The van der Waals surface area contributed by atoms with Crippen LogP contribution in [-0.2, 0) is 14.3 Å². The number of allylic oxidation sites excluding steroid dienone is 2. The van der Waals surface area contributed by atoms with E-state index in [0.717, 1.165) is 32.5 Å². The number of rotatable bonds is 4. The SMILES string of the molecule is O=C(O)C1C2C=CC(C2)C1C(=O)NCC1CCOCC1. The van der Waals surface area contributed by atoms with Crippen LogP contribution in [0.15, 0.2) is 12.2 Å². The Bertz CT molecular complexity index is 428. The molecule has 4 unspecified atom stereocenters. The third kappa shape index (κ3) is 2.46. The van der Waals surface area contributed by atoms with Gasteiger partial charge in [-0.25, -0.2) is 0 Å². The molecule has 0 radical (unpaired) electrons. The van der Waals surface area contributed by atoms with Crippen LogP contribution in [0, 0.1) is 29.6 Å². The molecule has 1 saturated carbocycles. The molecular weight excluding hydrogens is 258 g/mol. The molecule has 2 N–H and O–H groups in total. The number of fused-ring (bicyclic) bond motifs is 2. The molecule has 5 nitrogen and oxygen atoms in total. The Morgan fingerprint density at radius 3 is 2.45 bits per heavy atom. The van der Waals surface area contributed by atoms with E-state index < -0.39 is 11.9 Å². The number of ether oxygens (including phenoxy) is 1. The maximum Gasteiger partial charge on any atom is 0.307 e. The summed E-state index contributed by atoms with van der Waals surface area (Å²) in [6.07, 6.45) is 6.74. The van der Waals surface area contributed by atoms with Crippen LogP contribution in [0.3, 0.4) is 0 Å². The number of carbonyl (C=O) groups is 2. The fraction of sp³-hybridized carbons (Fsp3) is 0.733. The van der Waals surface area contributed by atoms with E-state index in [1.54, 1.807) is 0 Å². The molecule has 3 aliphatic rings. The maximum absolute atomic E-state index is 12.4. The lowest BCUT2D eigenvalue weighted by molar-refractivity contribution is -0.147. The summed E-state index contributed by atoms with van der Waals surface area (Å²) < 4.78 is 5.30. The van der Waals surface area contributed by atoms with Gasteiger partial charge in [0.15, 0.2) is 0 Å². The first-order chi connectivity index (χ1) is 9.66. The van der Waals surface area contributed by atoms with Crippen molar-refractivity contribution in [1.29, 1.82) is 0 Å². The second-order valence-electron chi connectivity index (χ2n) is 6.14. The largest absolute Gasteiger partial charge is 0.481 e. The first-order valence-electron chi connectivity index (χ1n) is 7.43. The van der Waals surface area contributed by atoms with Crippen LogP contribution >= 0.6 is 0 Å². The summed E-state index contributed by atoms with van der Waals surface area (Å²) >= 11 is 0. The zero-order chi connectivity index (χ0) is 14.1. The fourth-order valence-electron chi connectivity index (χ4n) is 3.83. The van der Waals surface area contributed by atoms with Gasteiger partial charge in [-0.05, 0) is 37.0 Å². The van der Waals surface area contributed by atoms with Gasteiger partial charge in [0.25, 0.3) is 0 Å². The zero-order valence-corrected chi connectivity index (χ0v) is 11.5. The average molecular weight is 279 g/mol. The molecule has 1 heterocycles. The van der Waals surface area contributed by atoms with E-state index in [9.17, 15) is 14.7 Å². The summed E-state index contributed by atoms with van der Waals surface area (Å²) in [4.78, 5) is 23.7. The lowest BCUT2D eigenvalue weighted by Crippen LogP contribution is -2.42. The topological polar surface area (TPSA) is 75.6 Å². The minimum Gasteiger partial charge on any atom is -0.481 e. The Hall–Kier alpha value is -1.36. The zero-order valence-electron chi connectivity index (χ0n) is 11.5. The van der Waals surface area contributed by atoms with Gasteiger partial charge in [0.2, 0.25) is 5.91 Å². The van der Waals surface area contributed by atoms with E-state index in [1.165, 1.54) is 0 Å². The molecule has 0 aromatic heterocycles. The highest BCUT2D eigenvalue weighted by Crippen LogP contribution is 2.48. The molecule has 2 bridgehead atoms. The number of carboxylic acid groups (broad SMARTS) is 1. The Kier molecular flexibility index (Phi) is 3.78. The maximum atomic E-state index is 12.4. The number of aliphatic carboxylic acids is 1. The highest BCUT2D eigenvalue weighted by Gasteiger charge is 2.51. The third-order valence-electron chi connectivity index (χ3n) is 4.95. The lowest BCUT2D eigenvalue weighted by atomic mass is 9.82. The van der Waals surface area contributed by atoms with E-state index in [0.29, 0.717) is 12.5 Å². The van der Waals surface area contributed by atoms with Gasteiger partial charge in [0, 0.05) is 19.8 Å². The van der Waals surface area contributed by atoms with Gasteiger partial charge in [0.1, 0.15) is 0 Å². The Morgan fingerprint density at radius 2 is 1.80 bits per heavy atom. The van der Waals surface area contributed by atoms with Crippen molar-refractivity contribution in [2.45, 2.75) is 19.3 Å². The Labute approximate surface area is 118 Å². The van der Waals surface area contributed by atoms with Crippen LogP contribution in [0.5, 0.6) is 0 Å². The van der Waals surface area contributed by atoms with Crippen LogP contribution in [0.25, 0.3) is 0 Å². The van der Waals surface area contributed by atoms with Crippen LogP contribution in [-0.4, -0.2) is 36.7 Å². The van der Waals surface area contributed by atoms with Crippen molar-refractivity contribution in [3.63, 3.8) is 0 Å². The smallest absolute Gasteiger partial charge is 0.307 e. The van der Waals surface area contributed by atoms with Gasteiger partial charge < -0.3 is 15.2 Å². The second-order valence-corrected chi connectivity index (χ2v) is 6.14. The van der Waals surface area contributed by atoms with Gasteiger partial charge in [-0.3, -0.25) is 9.59 Å². The molecule has 0 aromatic carbocycles. The number of amides is 1. The van der Waals surface area contributed by atoms with Gasteiger partial charge in [-0.1, -0.05) is 12.2 Å². The first-order valence-corrected chi connectivity index (χ1v) is 7.43. The van der Waals surface area contributed by atoms with Crippen molar-refractivity contribution in [1.82, 2.24) is 5.32 Å². The van der Waals surface area contributed by atoms with Crippen LogP contribution in [0.4, 0.5) is 0 Å². The van der Waals surface area contributed by atoms with Gasteiger partial charge in [-0.2, -0.15) is 0 Å². The first kappa shape index (κ1) is 13.6. The summed E-state index contributed by atoms with van der Waals surface area (Å²) in [6, 6.07) is 0. The molecule has 0 aromatic rings. The molecule has 1 aliphatic heterocycles. The number of carboxylic acids is 1. The average Bonchev–Trinajstić information content (AvgIpc) is 3.06. The van der Waals surface area contributed by atoms with E-state index in [1.807, 2.05) is 12.2 Å². The minimum absolute atomic E-state index is 0.0383. The van der Waals surface area contributed by atoms with Crippen molar-refractivity contribution < 1.29 is 19.4 Å². The lowest BCUT2D eigenvalue weighted by Gasteiger charge is -2.26. The van der Waals surface area contributed by atoms with Crippen molar-refractivity contribution in [2.75, 3.05) is 19.8 Å². The molecule has 5 heteroatoms. The highest BCUT2D eigenvalue weighted by molar-refractivity contribution is 5.86. The van der Waals surface area contributed by atoms with E-state index in [4.69, 9.17) is 4.74 Å². The summed E-state index contributed by atoms with van der Waals surface area (Å²) in [5.41, 5.74) is 0. The van der Waals surface area contributed by atoms with E-state index in [-0.39, 0.29) is 23.7 Å². The second kappa shape index (κ2) is 5.56. The number of carbonyl (C=O) groups excluding carboxylic acids is 1. The van der Waals surface area contributed by atoms with Gasteiger partial charge in [0.05, 0.1) is 11.8 Å². The quantitative estimate of drug-likeness (QED) is 0.754. The van der Waals surface area contributed by atoms with Crippen molar-refractivity contribution in [2.24, 2.45) is 29.6 Å². The van der Waals surface area contributed by atoms with Crippen molar-refractivity contribution in [3.8, 4) is 0 Å². The normalized spacial score (nSPS) is 36.2. The monoisotopic (exact) mass is 279 g/mol. The van der Waals surface area contributed by atoms with Crippen LogP contribution in [0.1, 0.15) is 19.3 Å². The summed E-state index contributed by atoms with van der Waals surface area (Å²) in [7, 11) is 0. The fourth-order valence-corrected chi connectivity index (χ4v) is 3.83. The predicted octanol–water partition coefficient (Wildman–Crippen LogP) is 1.05. The van der Waals surface area contributed by atoms with Crippen LogP contribution in [0.2, 0.25) is 0 Å². The molecule has 110 valence electrons. The molecule has 2 aliphatic carbocycles. The standard InChI is InChI=1S/C15H21NO4/c17-14(16-8-9-3-5-20-6-4-9)12-10-1-2-11(7-10)13(12)15(18)19/h1-2,9-13H,3-8H2,(H,16,17)(H,18,19). The molecule has 1 saturated heterocycles. The minimum atomic E-state index is -0.840. The molecule has 3 rings (SSSR count). The third-order valence-corrected chi connectivity index (χ3v) is 4.95. The van der Waals surface area contributed by atoms with E-state index in [2.05, 4.69) is 5.32 Å². The summed E-state index contributed by atoms with van der Waals surface area (Å²) in [5, 5.41) is 12.3. The van der Waals surface area contributed by atoms with Crippen LogP contribution < -0.4 is 5.32 Å². The Morgan fingerprint density at radius 1 is 1.15 bits per heavy atom. The van der Waals surface area contributed by atoms with Gasteiger partial charge in [-0.15, -0.1) is 0 Å². The molecular formula is C15H21NO4. The summed E-state index contributed by atoms with van der Waals surface area (Å²) in [6.45, 7) is 2.16. The predicted molar refractivity (Wildman–Crippen MR) is 71.9 cm³/mol. The van der Waals surface area contributed by atoms with Gasteiger partial charge >= 0.3 is 5.97 Å².